The number of alkyl halides is 3. The van der Waals surface area contributed by atoms with Crippen molar-refractivity contribution in [2.45, 2.75) is 25.6 Å². The van der Waals surface area contributed by atoms with Crippen molar-refractivity contribution in [3.05, 3.63) is 65.5 Å². The predicted molar refractivity (Wildman–Crippen MR) is 90.0 cm³/mol. The van der Waals surface area contributed by atoms with Crippen LogP contribution in [-0.2, 0) is 22.3 Å². The highest BCUT2D eigenvalue weighted by atomic mass is 19.4. The van der Waals surface area contributed by atoms with E-state index in [1.54, 1.807) is 6.07 Å². The highest BCUT2D eigenvalue weighted by Gasteiger charge is 2.56. The van der Waals surface area contributed by atoms with Gasteiger partial charge >= 0.3 is 6.18 Å². The number of carbonyl (C=O) groups excluding carboxylic acids is 2. The van der Waals surface area contributed by atoms with Gasteiger partial charge in [0.2, 0.25) is 11.8 Å². The molecule has 2 aromatic rings. The van der Waals surface area contributed by atoms with Crippen LogP contribution in [0.5, 0.6) is 0 Å². The monoisotopic (exact) mass is 380 g/mol. The molecule has 0 aromatic heterocycles. The average Bonchev–Trinajstić information content (AvgIpc) is 3.42. The Labute approximate surface area is 152 Å². The highest BCUT2D eigenvalue weighted by Crippen LogP contribution is 2.47. The number of halogens is 4. The van der Waals surface area contributed by atoms with Gasteiger partial charge in [-0.3, -0.25) is 9.59 Å². The zero-order valence-corrected chi connectivity index (χ0v) is 14.1. The normalized spacial score (nSPS) is 15.1. The summed E-state index contributed by atoms with van der Waals surface area (Å²) in [7, 11) is 0. The lowest BCUT2D eigenvalue weighted by Crippen LogP contribution is -2.39. The summed E-state index contributed by atoms with van der Waals surface area (Å²) in [6.07, 6.45) is -3.98. The van der Waals surface area contributed by atoms with Crippen molar-refractivity contribution in [2.75, 3.05) is 5.32 Å². The van der Waals surface area contributed by atoms with Crippen LogP contribution in [0.4, 0.5) is 23.2 Å². The van der Waals surface area contributed by atoms with Gasteiger partial charge in [0.05, 0.1) is 5.56 Å². The molecule has 27 heavy (non-hydrogen) atoms. The molecule has 0 radical (unpaired) electrons. The van der Waals surface area contributed by atoms with Crippen molar-refractivity contribution in [2.24, 2.45) is 5.41 Å². The van der Waals surface area contributed by atoms with Crippen LogP contribution in [-0.4, -0.2) is 11.8 Å². The fourth-order valence-corrected chi connectivity index (χ4v) is 2.69. The third kappa shape index (κ3) is 4.10. The third-order valence-corrected chi connectivity index (χ3v) is 4.46. The van der Waals surface area contributed by atoms with E-state index in [1.165, 1.54) is 30.3 Å². The molecule has 0 bridgehead atoms. The molecular formula is C19H16F4N2O2. The summed E-state index contributed by atoms with van der Waals surface area (Å²) in [5, 5.41) is 4.90. The molecule has 1 saturated carbocycles. The fourth-order valence-electron chi connectivity index (χ4n) is 2.69. The van der Waals surface area contributed by atoms with Crippen LogP contribution in [0.2, 0.25) is 0 Å². The molecule has 1 fully saturated rings. The summed E-state index contributed by atoms with van der Waals surface area (Å²) in [5.74, 6) is -1.72. The second-order valence-electron chi connectivity index (χ2n) is 6.39. The Morgan fingerprint density at radius 2 is 1.70 bits per heavy atom. The van der Waals surface area contributed by atoms with Crippen LogP contribution in [0.25, 0.3) is 0 Å². The van der Waals surface area contributed by atoms with Crippen LogP contribution in [0.3, 0.4) is 0 Å². The van der Waals surface area contributed by atoms with E-state index in [0.29, 0.717) is 0 Å². The van der Waals surface area contributed by atoms with E-state index < -0.39 is 34.8 Å². The molecule has 142 valence electrons. The number of hydrogen-bond donors (Lipinski definition) is 2. The van der Waals surface area contributed by atoms with E-state index >= 15 is 0 Å². The fraction of sp³-hybridized carbons (Fsp3) is 0.263. The van der Waals surface area contributed by atoms with Gasteiger partial charge in [0.25, 0.3) is 0 Å². The van der Waals surface area contributed by atoms with E-state index in [9.17, 15) is 27.2 Å². The number of carbonyl (C=O) groups is 2. The minimum absolute atomic E-state index is 0.0389. The first kappa shape index (κ1) is 18.9. The second kappa shape index (κ2) is 7.02. The maximum atomic E-state index is 13.6. The zero-order chi connectivity index (χ0) is 19.7. The largest absolute Gasteiger partial charge is 0.416 e. The van der Waals surface area contributed by atoms with Gasteiger partial charge in [-0.25, -0.2) is 4.39 Å². The van der Waals surface area contributed by atoms with Crippen molar-refractivity contribution in [1.82, 2.24) is 5.32 Å². The maximum absolute atomic E-state index is 13.6. The van der Waals surface area contributed by atoms with Crippen molar-refractivity contribution in [3.63, 3.8) is 0 Å². The third-order valence-electron chi connectivity index (χ3n) is 4.46. The molecule has 1 aliphatic rings. The summed E-state index contributed by atoms with van der Waals surface area (Å²) in [4.78, 5) is 24.8. The van der Waals surface area contributed by atoms with Crippen molar-refractivity contribution >= 4 is 17.5 Å². The summed E-state index contributed by atoms with van der Waals surface area (Å²) in [6.45, 7) is -0.0793. The number of anilines is 1. The standard InChI is InChI=1S/C19H16F4N2O2/c20-15-7-2-1-4-12(15)11-24-16(26)18(8-9-18)17(27)25-14-6-3-5-13(10-14)19(21,22)23/h1-7,10H,8-9,11H2,(H,24,26)(H,25,27). The smallest absolute Gasteiger partial charge is 0.351 e. The van der Waals surface area contributed by atoms with Crippen LogP contribution in [0, 0.1) is 11.2 Å². The molecule has 4 nitrogen and oxygen atoms in total. The van der Waals surface area contributed by atoms with E-state index in [1.807, 2.05) is 0 Å². The van der Waals surface area contributed by atoms with Gasteiger partial charge in [0.1, 0.15) is 11.2 Å². The molecule has 2 amide bonds. The molecule has 8 heteroatoms. The lowest BCUT2D eigenvalue weighted by Gasteiger charge is -2.16. The predicted octanol–water partition coefficient (Wildman–Crippen LogP) is 3.88. The minimum atomic E-state index is -4.53. The van der Waals surface area contributed by atoms with Crippen molar-refractivity contribution in [3.8, 4) is 0 Å². The van der Waals surface area contributed by atoms with Gasteiger partial charge < -0.3 is 10.6 Å². The topological polar surface area (TPSA) is 58.2 Å². The van der Waals surface area contributed by atoms with Gasteiger partial charge in [0.15, 0.2) is 0 Å². The molecule has 1 aliphatic carbocycles. The van der Waals surface area contributed by atoms with E-state index in [4.69, 9.17) is 0 Å². The Balaban J connectivity index is 1.66. The Kier molecular flexibility index (Phi) is 4.91. The van der Waals surface area contributed by atoms with Gasteiger partial charge in [0, 0.05) is 17.8 Å². The van der Waals surface area contributed by atoms with Crippen LogP contribution in [0.1, 0.15) is 24.0 Å². The molecule has 0 atom stereocenters. The van der Waals surface area contributed by atoms with Crippen LogP contribution in [0.15, 0.2) is 48.5 Å². The Morgan fingerprint density at radius 3 is 2.33 bits per heavy atom. The SMILES string of the molecule is O=C(NCc1ccccc1F)C1(C(=O)Nc2cccc(C(F)(F)F)c2)CC1. The van der Waals surface area contributed by atoms with E-state index in [0.717, 1.165) is 12.1 Å². The first-order valence-electron chi connectivity index (χ1n) is 8.23. The van der Waals surface area contributed by atoms with Crippen molar-refractivity contribution in [1.29, 1.82) is 0 Å². The number of benzene rings is 2. The molecule has 0 heterocycles. The number of nitrogens with one attached hydrogen (secondary N) is 2. The lowest BCUT2D eigenvalue weighted by molar-refractivity contribution is -0.138. The van der Waals surface area contributed by atoms with Crippen LogP contribution >= 0.6 is 0 Å². The molecule has 0 spiro atoms. The lowest BCUT2D eigenvalue weighted by atomic mass is 10.0. The maximum Gasteiger partial charge on any atom is 0.416 e. The van der Waals surface area contributed by atoms with E-state index in [-0.39, 0.29) is 30.6 Å². The first-order chi connectivity index (χ1) is 12.7. The van der Waals surface area contributed by atoms with Gasteiger partial charge in [-0.1, -0.05) is 24.3 Å². The minimum Gasteiger partial charge on any atom is -0.351 e. The number of amides is 2. The van der Waals surface area contributed by atoms with Gasteiger partial charge in [-0.05, 0) is 37.1 Å². The molecule has 0 aliphatic heterocycles. The molecule has 3 rings (SSSR count). The quantitative estimate of drug-likeness (QED) is 0.611. The molecule has 2 aromatic carbocycles. The van der Waals surface area contributed by atoms with Gasteiger partial charge in [-0.2, -0.15) is 13.2 Å². The molecule has 0 saturated heterocycles. The first-order valence-corrected chi connectivity index (χ1v) is 8.23. The number of hydrogen-bond acceptors (Lipinski definition) is 2. The Morgan fingerprint density at radius 1 is 1.00 bits per heavy atom. The highest BCUT2D eigenvalue weighted by molar-refractivity contribution is 6.13. The summed E-state index contributed by atoms with van der Waals surface area (Å²) < 4.78 is 51.9. The molecule has 0 unspecified atom stereocenters. The molecule has 2 N–H and O–H groups in total. The molecular weight excluding hydrogens is 364 g/mol. The summed E-state index contributed by atoms with van der Waals surface area (Å²) in [6, 6.07) is 10.1. The van der Waals surface area contributed by atoms with Gasteiger partial charge in [-0.15, -0.1) is 0 Å². The Hall–Kier alpha value is -2.90. The second-order valence-corrected chi connectivity index (χ2v) is 6.39. The Bertz CT molecular complexity index is 876. The van der Waals surface area contributed by atoms with Crippen molar-refractivity contribution < 1.29 is 27.2 Å². The number of rotatable bonds is 5. The van der Waals surface area contributed by atoms with E-state index in [2.05, 4.69) is 10.6 Å². The summed E-state index contributed by atoms with van der Waals surface area (Å²) >= 11 is 0. The van der Waals surface area contributed by atoms with Crippen LogP contribution < -0.4 is 10.6 Å². The zero-order valence-electron chi connectivity index (χ0n) is 14.1. The summed E-state index contributed by atoms with van der Waals surface area (Å²) in [5.41, 5.74) is -1.99. The average molecular weight is 380 g/mol.